The van der Waals surface area contributed by atoms with E-state index in [4.69, 9.17) is 10.2 Å². The minimum absolute atomic E-state index is 0.335. The number of alkyl halides is 2. The summed E-state index contributed by atoms with van der Waals surface area (Å²) in [5.74, 6) is -1.84. The third-order valence-electron chi connectivity index (χ3n) is 2.08. The van der Waals surface area contributed by atoms with Crippen molar-refractivity contribution >= 4 is 17.5 Å². The van der Waals surface area contributed by atoms with Gasteiger partial charge in [0, 0.05) is 12.6 Å². The Kier molecular flexibility index (Phi) is 4.64. The molecule has 1 heterocycles. The van der Waals surface area contributed by atoms with Crippen molar-refractivity contribution in [2.45, 2.75) is 12.5 Å². The molecule has 1 rings (SSSR count). The predicted octanol–water partition coefficient (Wildman–Crippen LogP) is 0.726. The Morgan fingerprint density at radius 3 is 2.68 bits per heavy atom. The summed E-state index contributed by atoms with van der Waals surface area (Å²) in [5, 5.41) is 30.3. The van der Waals surface area contributed by atoms with Gasteiger partial charge in [0.1, 0.15) is 23.7 Å². The second-order valence-corrected chi connectivity index (χ2v) is 3.43. The highest BCUT2D eigenvalue weighted by atomic mass is 19.3. The van der Waals surface area contributed by atoms with E-state index in [1.807, 2.05) is 0 Å². The van der Waals surface area contributed by atoms with Crippen molar-refractivity contribution in [3.63, 3.8) is 0 Å². The summed E-state index contributed by atoms with van der Waals surface area (Å²) in [6.45, 7) is -0.636. The van der Waals surface area contributed by atoms with E-state index in [0.29, 0.717) is 0 Å². The molecule has 1 unspecified atom stereocenters. The van der Waals surface area contributed by atoms with Crippen LogP contribution >= 0.6 is 0 Å². The molecule has 0 bridgehead atoms. The van der Waals surface area contributed by atoms with Crippen molar-refractivity contribution in [2.24, 2.45) is 0 Å². The molecule has 8 nitrogen and oxygen atoms in total. The number of aliphatic hydroxyl groups excluding tert-OH is 1. The number of hydrogen-bond acceptors (Lipinski definition) is 6. The summed E-state index contributed by atoms with van der Waals surface area (Å²) < 4.78 is 24.1. The summed E-state index contributed by atoms with van der Waals surface area (Å²) in [6.07, 6.45) is -4.22. The van der Waals surface area contributed by atoms with Gasteiger partial charge in [0.2, 0.25) is 0 Å². The molecule has 104 valence electrons. The number of hydrogen-bond donors (Lipinski definition) is 3. The van der Waals surface area contributed by atoms with Gasteiger partial charge in [-0.1, -0.05) is 0 Å². The number of pyridine rings is 1. The first kappa shape index (κ1) is 14.7. The molecule has 0 radical (unpaired) electrons. The quantitative estimate of drug-likeness (QED) is 0.516. The number of aromatic nitrogens is 1. The van der Waals surface area contributed by atoms with E-state index in [1.165, 1.54) is 0 Å². The maximum Gasteiger partial charge on any atom is 0.339 e. The number of rotatable bonds is 6. The minimum atomic E-state index is -3.00. The number of aromatic carboxylic acids is 1. The first-order chi connectivity index (χ1) is 8.82. The molecule has 0 amide bonds. The number of anilines is 1. The number of nitro groups is 1. The number of carbonyl (C=O) groups is 1. The van der Waals surface area contributed by atoms with Crippen molar-refractivity contribution in [1.29, 1.82) is 0 Å². The average Bonchev–Trinajstić information content (AvgIpc) is 2.35. The van der Waals surface area contributed by atoms with Crippen molar-refractivity contribution < 1.29 is 28.7 Å². The Labute approximate surface area is 104 Å². The maximum atomic E-state index is 12.0. The average molecular weight is 277 g/mol. The SMILES string of the molecule is O=C(O)c1cc([N+](=O)[O-])cnc1NCC(O)C(F)F. The minimum Gasteiger partial charge on any atom is -0.478 e. The highest BCUT2D eigenvalue weighted by Crippen LogP contribution is 2.19. The number of carboxylic acid groups (broad SMARTS) is 1. The lowest BCUT2D eigenvalue weighted by atomic mass is 10.2. The fourth-order valence-corrected chi connectivity index (χ4v) is 1.15. The smallest absolute Gasteiger partial charge is 0.339 e. The van der Waals surface area contributed by atoms with Crippen molar-refractivity contribution in [1.82, 2.24) is 4.98 Å². The van der Waals surface area contributed by atoms with Crippen molar-refractivity contribution in [3.05, 3.63) is 27.9 Å². The van der Waals surface area contributed by atoms with Gasteiger partial charge >= 0.3 is 5.97 Å². The number of aliphatic hydroxyl groups is 1. The van der Waals surface area contributed by atoms with E-state index >= 15 is 0 Å². The normalized spacial score (nSPS) is 12.2. The Balaban J connectivity index is 2.94. The standard InChI is InChI=1S/C9H9F2N3O5/c10-7(11)6(15)3-13-8-5(9(16)17)1-4(2-12-8)14(18)19/h1-2,6-7,15H,3H2,(H,12,13)(H,16,17). The molecule has 0 saturated heterocycles. The lowest BCUT2D eigenvalue weighted by Crippen LogP contribution is -2.27. The molecule has 10 heteroatoms. The van der Waals surface area contributed by atoms with Gasteiger partial charge in [0.05, 0.1) is 4.92 Å². The molecule has 0 aliphatic carbocycles. The van der Waals surface area contributed by atoms with Crippen LogP contribution in [0.3, 0.4) is 0 Å². The second kappa shape index (κ2) is 6.00. The molecule has 1 atom stereocenters. The molecule has 1 aromatic heterocycles. The van der Waals surface area contributed by atoms with Crippen LogP contribution in [-0.4, -0.2) is 45.2 Å². The van der Waals surface area contributed by atoms with Gasteiger partial charge in [-0.2, -0.15) is 0 Å². The third kappa shape index (κ3) is 3.81. The molecule has 0 saturated carbocycles. The third-order valence-corrected chi connectivity index (χ3v) is 2.08. The lowest BCUT2D eigenvalue weighted by molar-refractivity contribution is -0.385. The monoisotopic (exact) mass is 277 g/mol. The first-order valence-electron chi connectivity index (χ1n) is 4.90. The Morgan fingerprint density at radius 2 is 2.21 bits per heavy atom. The van der Waals surface area contributed by atoms with Gasteiger partial charge in [-0.3, -0.25) is 10.1 Å². The summed E-state index contributed by atoms with van der Waals surface area (Å²) in [6, 6.07) is 0.742. The van der Waals surface area contributed by atoms with Gasteiger partial charge in [0.25, 0.3) is 12.1 Å². The predicted molar refractivity (Wildman–Crippen MR) is 58.4 cm³/mol. The molecule has 0 aliphatic rings. The van der Waals surface area contributed by atoms with E-state index in [1.54, 1.807) is 0 Å². The molecule has 19 heavy (non-hydrogen) atoms. The van der Waals surface area contributed by atoms with Gasteiger partial charge in [-0.15, -0.1) is 0 Å². The molecule has 0 aromatic carbocycles. The van der Waals surface area contributed by atoms with Crippen LogP contribution in [0, 0.1) is 10.1 Å². The zero-order chi connectivity index (χ0) is 14.6. The lowest BCUT2D eigenvalue weighted by Gasteiger charge is -2.12. The van der Waals surface area contributed by atoms with Crippen molar-refractivity contribution in [3.8, 4) is 0 Å². The fourth-order valence-electron chi connectivity index (χ4n) is 1.15. The van der Waals surface area contributed by atoms with Crippen LogP contribution in [0.1, 0.15) is 10.4 Å². The number of nitrogens with zero attached hydrogens (tertiary/aromatic N) is 2. The number of carboxylic acids is 1. The highest BCUT2D eigenvalue weighted by Gasteiger charge is 2.20. The highest BCUT2D eigenvalue weighted by molar-refractivity contribution is 5.93. The fraction of sp³-hybridized carbons (Fsp3) is 0.333. The van der Waals surface area contributed by atoms with Crippen LogP contribution in [0.25, 0.3) is 0 Å². The summed E-state index contributed by atoms with van der Waals surface area (Å²) >= 11 is 0. The van der Waals surface area contributed by atoms with Gasteiger partial charge in [-0.05, 0) is 0 Å². The maximum absolute atomic E-state index is 12.0. The topological polar surface area (TPSA) is 126 Å². The van der Waals surface area contributed by atoms with Crippen LogP contribution in [-0.2, 0) is 0 Å². The second-order valence-electron chi connectivity index (χ2n) is 3.43. The first-order valence-corrected chi connectivity index (χ1v) is 4.90. The Morgan fingerprint density at radius 1 is 1.58 bits per heavy atom. The molecular weight excluding hydrogens is 268 g/mol. The summed E-state index contributed by atoms with van der Waals surface area (Å²) in [5.41, 5.74) is -1.09. The van der Waals surface area contributed by atoms with Crippen LogP contribution in [0.5, 0.6) is 0 Å². The largest absolute Gasteiger partial charge is 0.478 e. The molecular formula is C9H9F2N3O5. The Hall–Kier alpha value is -2.36. The van der Waals surface area contributed by atoms with E-state index in [9.17, 15) is 23.7 Å². The molecule has 0 aliphatic heterocycles. The molecule has 0 spiro atoms. The van der Waals surface area contributed by atoms with Gasteiger partial charge < -0.3 is 15.5 Å². The van der Waals surface area contributed by atoms with E-state index in [2.05, 4.69) is 10.3 Å². The summed E-state index contributed by atoms with van der Waals surface area (Å²) in [7, 11) is 0. The Bertz CT molecular complexity index is 497. The van der Waals surface area contributed by atoms with E-state index < -0.39 is 41.2 Å². The number of halogens is 2. The zero-order valence-corrected chi connectivity index (χ0v) is 9.29. The van der Waals surface area contributed by atoms with E-state index in [-0.39, 0.29) is 5.82 Å². The van der Waals surface area contributed by atoms with Gasteiger partial charge in [-0.25, -0.2) is 18.6 Å². The van der Waals surface area contributed by atoms with Crippen LogP contribution < -0.4 is 5.32 Å². The number of nitrogens with one attached hydrogen (secondary N) is 1. The molecule has 1 aromatic rings. The van der Waals surface area contributed by atoms with Crippen LogP contribution in [0.4, 0.5) is 20.3 Å². The van der Waals surface area contributed by atoms with Crippen LogP contribution in [0.15, 0.2) is 12.3 Å². The van der Waals surface area contributed by atoms with Crippen LogP contribution in [0.2, 0.25) is 0 Å². The molecule has 3 N–H and O–H groups in total. The zero-order valence-electron chi connectivity index (χ0n) is 9.29. The van der Waals surface area contributed by atoms with Crippen molar-refractivity contribution in [2.75, 3.05) is 11.9 Å². The summed E-state index contributed by atoms with van der Waals surface area (Å²) in [4.78, 5) is 23.9. The molecule has 0 fully saturated rings. The van der Waals surface area contributed by atoms with Gasteiger partial charge in [0.15, 0.2) is 0 Å². The van der Waals surface area contributed by atoms with E-state index in [0.717, 1.165) is 12.3 Å².